The Kier molecular flexibility index (Phi) is 5.55. The van der Waals surface area contributed by atoms with E-state index < -0.39 is 0 Å². The maximum absolute atomic E-state index is 12.7. The van der Waals surface area contributed by atoms with Crippen LogP contribution in [0.4, 0.5) is 11.4 Å². The number of nitrogens with zero attached hydrogens (tertiary/aromatic N) is 1. The Morgan fingerprint density at radius 1 is 1.07 bits per heavy atom. The lowest BCUT2D eigenvalue weighted by Gasteiger charge is -2.31. The molecule has 0 aliphatic carbocycles. The number of rotatable bonds is 5. The van der Waals surface area contributed by atoms with Gasteiger partial charge in [0.15, 0.2) is 11.5 Å². The van der Waals surface area contributed by atoms with Gasteiger partial charge < -0.3 is 25.4 Å². The third-order valence-corrected chi connectivity index (χ3v) is 5.49. The fraction of sp³-hybridized carbons (Fsp3) is 0.364. The average Bonchev–Trinajstić information content (AvgIpc) is 3.20. The van der Waals surface area contributed by atoms with Crippen LogP contribution in [0.2, 0.25) is 0 Å². The number of hydrogen-bond donors (Lipinski definition) is 2. The minimum absolute atomic E-state index is 0.0769. The number of hydrogen-bond acceptors (Lipinski definition) is 5. The molecule has 0 bridgehead atoms. The van der Waals surface area contributed by atoms with Gasteiger partial charge in [-0.1, -0.05) is 30.3 Å². The summed E-state index contributed by atoms with van der Waals surface area (Å²) in [5.74, 6) is 1.09. The monoisotopic (exact) mass is 395 g/mol. The van der Waals surface area contributed by atoms with Crippen molar-refractivity contribution in [1.82, 2.24) is 4.90 Å². The number of ether oxygens (including phenoxy) is 2. The summed E-state index contributed by atoms with van der Waals surface area (Å²) >= 11 is 0. The van der Waals surface area contributed by atoms with Gasteiger partial charge in [-0.2, -0.15) is 0 Å². The lowest BCUT2D eigenvalue weighted by molar-refractivity contribution is -0.134. The zero-order chi connectivity index (χ0) is 20.2. The van der Waals surface area contributed by atoms with Crippen molar-refractivity contribution in [3.8, 4) is 11.5 Å². The van der Waals surface area contributed by atoms with Gasteiger partial charge in [0.25, 0.3) is 0 Å². The Morgan fingerprint density at radius 2 is 1.76 bits per heavy atom. The summed E-state index contributed by atoms with van der Waals surface area (Å²) in [6.45, 7) is 1.35. The Bertz CT molecular complexity index is 892. The number of nitrogen functional groups attached to an aromatic ring is 1. The number of piperidine rings is 1. The highest BCUT2D eigenvalue weighted by Crippen LogP contribution is 2.38. The van der Waals surface area contributed by atoms with Crippen molar-refractivity contribution in [2.75, 3.05) is 30.9 Å². The first kappa shape index (κ1) is 19.1. The van der Waals surface area contributed by atoms with Gasteiger partial charge >= 0.3 is 0 Å². The van der Waals surface area contributed by atoms with Crippen LogP contribution in [-0.4, -0.2) is 36.6 Å². The normalized spacial score (nSPS) is 15.9. The molecule has 7 heteroatoms. The van der Waals surface area contributed by atoms with Crippen LogP contribution in [0.15, 0.2) is 42.5 Å². The molecular formula is C22H25N3O4. The number of carbonyl (C=O) groups is 2. The number of nitrogens with two attached hydrogens (primary N) is 1. The van der Waals surface area contributed by atoms with E-state index in [-0.39, 0.29) is 24.5 Å². The van der Waals surface area contributed by atoms with Crippen LogP contribution in [0.3, 0.4) is 0 Å². The molecular weight excluding hydrogens is 370 g/mol. The van der Waals surface area contributed by atoms with Crippen molar-refractivity contribution in [3.05, 3.63) is 48.0 Å². The number of aryl methyl sites for hydroxylation is 1. The molecule has 2 aromatic rings. The van der Waals surface area contributed by atoms with E-state index in [1.165, 1.54) is 0 Å². The summed E-state index contributed by atoms with van der Waals surface area (Å²) < 4.78 is 10.6. The number of likely N-dealkylation sites (tertiary alicyclic amines) is 1. The van der Waals surface area contributed by atoms with E-state index in [4.69, 9.17) is 15.2 Å². The first-order valence-corrected chi connectivity index (χ1v) is 9.92. The molecule has 2 aromatic carbocycles. The topological polar surface area (TPSA) is 93.9 Å². The lowest BCUT2D eigenvalue weighted by Crippen LogP contribution is -2.41. The molecule has 152 valence electrons. The van der Waals surface area contributed by atoms with E-state index in [2.05, 4.69) is 5.32 Å². The van der Waals surface area contributed by atoms with E-state index in [9.17, 15) is 9.59 Å². The molecule has 0 atom stereocenters. The van der Waals surface area contributed by atoms with E-state index in [1.807, 2.05) is 35.2 Å². The van der Waals surface area contributed by atoms with Crippen molar-refractivity contribution < 1.29 is 19.1 Å². The van der Waals surface area contributed by atoms with Crippen molar-refractivity contribution >= 4 is 23.2 Å². The van der Waals surface area contributed by atoms with Crippen molar-refractivity contribution in [1.29, 1.82) is 0 Å². The van der Waals surface area contributed by atoms with Gasteiger partial charge in [0, 0.05) is 37.6 Å². The van der Waals surface area contributed by atoms with Gasteiger partial charge in [0.05, 0.1) is 11.4 Å². The second-order valence-corrected chi connectivity index (χ2v) is 7.42. The van der Waals surface area contributed by atoms with Crippen LogP contribution in [0.5, 0.6) is 11.5 Å². The second-order valence-electron chi connectivity index (χ2n) is 7.42. The Hall–Kier alpha value is -3.22. The largest absolute Gasteiger partial charge is 0.454 e. The van der Waals surface area contributed by atoms with Crippen LogP contribution >= 0.6 is 0 Å². The van der Waals surface area contributed by atoms with Gasteiger partial charge in [-0.25, -0.2) is 0 Å². The first-order chi connectivity index (χ1) is 14.1. The molecule has 0 radical (unpaired) electrons. The molecule has 2 aliphatic rings. The zero-order valence-corrected chi connectivity index (χ0v) is 16.2. The highest BCUT2D eigenvalue weighted by molar-refractivity contribution is 5.96. The van der Waals surface area contributed by atoms with Gasteiger partial charge in [0.1, 0.15) is 0 Å². The van der Waals surface area contributed by atoms with Crippen LogP contribution in [0.1, 0.15) is 24.8 Å². The number of fused-ring (bicyclic) bond motifs is 1. The predicted octanol–water partition coefficient (Wildman–Crippen LogP) is 2.81. The molecule has 2 heterocycles. The molecule has 0 spiro atoms. The molecule has 4 rings (SSSR count). The Balaban J connectivity index is 1.27. The molecule has 3 N–H and O–H groups in total. The maximum Gasteiger partial charge on any atom is 0.231 e. The molecule has 2 amide bonds. The minimum atomic E-state index is -0.141. The first-order valence-electron chi connectivity index (χ1n) is 9.92. The third-order valence-electron chi connectivity index (χ3n) is 5.49. The fourth-order valence-electron chi connectivity index (χ4n) is 3.75. The number of amides is 2. The van der Waals surface area contributed by atoms with Crippen molar-refractivity contribution in [2.24, 2.45) is 5.92 Å². The lowest BCUT2D eigenvalue weighted by atomic mass is 9.95. The molecule has 0 saturated carbocycles. The number of benzene rings is 2. The summed E-state index contributed by atoms with van der Waals surface area (Å²) in [5, 5.41) is 2.90. The molecule has 1 saturated heterocycles. The zero-order valence-electron chi connectivity index (χ0n) is 16.2. The summed E-state index contributed by atoms with van der Waals surface area (Å²) in [6, 6.07) is 13.4. The van der Waals surface area contributed by atoms with Crippen LogP contribution in [-0.2, 0) is 16.0 Å². The third kappa shape index (κ3) is 4.45. The maximum atomic E-state index is 12.7. The molecule has 2 aliphatic heterocycles. The van der Waals surface area contributed by atoms with Gasteiger partial charge in [-0.3, -0.25) is 9.59 Å². The van der Waals surface area contributed by atoms with Crippen LogP contribution in [0, 0.1) is 5.92 Å². The van der Waals surface area contributed by atoms with E-state index in [0.29, 0.717) is 55.2 Å². The molecule has 0 unspecified atom stereocenters. The van der Waals surface area contributed by atoms with E-state index in [0.717, 1.165) is 12.0 Å². The van der Waals surface area contributed by atoms with Crippen LogP contribution < -0.4 is 20.5 Å². The van der Waals surface area contributed by atoms with Gasteiger partial charge in [-0.05, 0) is 24.8 Å². The van der Waals surface area contributed by atoms with E-state index in [1.54, 1.807) is 12.1 Å². The summed E-state index contributed by atoms with van der Waals surface area (Å²) in [5.41, 5.74) is 8.14. The molecule has 7 nitrogen and oxygen atoms in total. The smallest absolute Gasteiger partial charge is 0.231 e. The number of anilines is 2. The number of nitrogens with one attached hydrogen (secondary N) is 1. The van der Waals surface area contributed by atoms with Crippen molar-refractivity contribution in [2.45, 2.75) is 25.7 Å². The highest BCUT2D eigenvalue weighted by atomic mass is 16.7. The minimum Gasteiger partial charge on any atom is -0.454 e. The summed E-state index contributed by atoms with van der Waals surface area (Å²) in [4.78, 5) is 27.0. The highest BCUT2D eigenvalue weighted by Gasteiger charge is 2.28. The fourth-order valence-corrected chi connectivity index (χ4v) is 3.75. The molecule has 0 aromatic heterocycles. The van der Waals surface area contributed by atoms with Gasteiger partial charge in [-0.15, -0.1) is 0 Å². The Morgan fingerprint density at radius 3 is 2.48 bits per heavy atom. The summed E-state index contributed by atoms with van der Waals surface area (Å²) in [6.07, 6.45) is 2.53. The van der Waals surface area contributed by atoms with Gasteiger partial charge in [0.2, 0.25) is 18.6 Å². The molecule has 29 heavy (non-hydrogen) atoms. The average molecular weight is 395 g/mol. The Labute approximate surface area is 169 Å². The predicted molar refractivity (Wildman–Crippen MR) is 110 cm³/mol. The van der Waals surface area contributed by atoms with Crippen molar-refractivity contribution in [3.63, 3.8) is 0 Å². The quantitative estimate of drug-likeness (QED) is 0.760. The summed E-state index contributed by atoms with van der Waals surface area (Å²) in [7, 11) is 0. The SMILES string of the molecule is Nc1cc2c(cc1NC(=O)C1CCN(C(=O)CCc3ccccc3)CC1)OCO2. The molecule has 1 fully saturated rings. The number of carbonyl (C=O) groups excluding carboxylic acids is 2. The second kappa shape index (κ2) is 8.43. The van der Waals surface area contributed by atoms with E-state index >= 15 is 0 Å². The standard InChI is InChI=1S/C22H25N3O4/c23-17-12-19-20(29-14-28-19)13-18(17)24-22(27)16-8-10-25(11-9-16)21(26)7-6-15-4-2-1-3-5-15/h1-5,12-13,16H,6-11,14,23H2,(H,24,27). The van der Waals surface area contributed by atoms with Crippen LogP contribution in [0.25, 0.3) is 0 Å².